The molecule has 11 heteroatoms. The van der Waals surface area contributed by atoms with Crippen molar-refractivity contribution in [3.63, 3.8) is 0 Å². The Bertz CT molecular complexity index is 1220. The first-order valence-corrected chi connectivity index (χ1v) is 11.9. The molecular weight excluding hydrogens is 469 g/mol. The van der Waals surface area contributed by atoms with Gasteiger partial charge in [-0.05, 0) is 18.1 Å². The number of fused-ring (bicyclic) bond motifs is 1. The SMILES string of the molecule is COc1c(CCNc2ncnc3nc[nH]c23)cc(Cl)c(Cl)c1C1CN(Cc2cscn2)C1. The molecule has 0 aliphatic carbocycles. The van der Waals surface area contributed by atoms with Gasteiger partial charge < -0.3 is 15.0 Å². The Morgan fingerprint density at radius 3 is 2.91 bits per heavy atom. The molecule has 1 saturated heterocycles. The average molecular weight is 490 g/mol. The Hall–Kier alpha value is -2.46. The Morgan fingerprint density at radius 1 is 1.25 bits per heavy atom. The van der Waals surface area contributed by atoms with Crippen molar-refractivity contribution < 1.29 is 4.74 Å². The number of nitrogens with zero attached hydrogens (tertiary/aromatic N) is 5. The molecule has 166 valence electrons. The third kappa shape index (κ3) is 4.13. The van der Waals surface area contributed by atoms with E-state index in [1.165, 1.54) is 6.33 Å². The van der Waals surface area contributed by atoms with E-state index >= 15 is 0 Å². The van der Waals surface area contributed by atoms with E-state index in [0.29, 0.717) is 34.5 Å². The van der Waals surface area contributed by atoms with Crippen LogP contribution in [0.25, 0.3) is 11.2 Å². The van der Waals surface area contributed by atoms with Gasteiger partial charge >= 0.3 is 0 Å². The summed E-state index contributed by atoms with van der Waals surface area (Å²) >= 11 is 14.8. The molecule has 5 rings (SSSR count). The third-order valence-corrected chi connectivity index (χ3v) is 7.07. The maximum Gasteiger partial charge on any atom is 0.182 e. The molecule has 4 heterocycles. The van der Waals surface area contributed by atoms with E-state index in [9.17, 15) is 0 Å². The standard InChI is InChI=1S/C21H21Cl2N7OS/c1-31-19-12(2-3-24-20-18-21(26-9-25-18)28-10-27-20)4-15(22)17(23)16(19)13-5-30(6-13)7-14-8-32-11-29-14/h4,8-11,13H,2-3,5-7H2,1H3,(H2,24,25,26,27,28). The topological polar surface area (TPSA) is 91.8 Å². The van der Waals surface area contributed by atoms with Crippen molar-refractivity contribution in [2.24, 2.45) is 0 Å². The summed E-state index contributed by atoms with van der Waals surface area (Å²) in [5, 5.41) is 6.56. The number of anilines is 1. The number of rotatable bonds is 8. The maximum absolute atomic E-state index is 6.65. The molecule has 0 amide bonds. The number of halogens is 2. The van der Waals surface area contributed by atoms with Crippen molar-refractivity contribution in [1.82, 2.24) is 29.8 Å². The first-order chi connectivity index (χ1) is 15.6. The van der Waals surface area contributed by atoms with Crippen LogP contribution in [-0.4, -0.2) is 56.6 Å². The van der Waals surface area contributed by atoms with E-state index < -0.39 is 0 Å². The predicted molar refractivity (Wildman–Crippen MR) is 127 cm³/mol. The molecule has 0 unspecified atom stereocenters. The second-order valence-electron chi connectivity index (χ2n) is 7.65. The van der Waals surface area contributed by atoms with E-state index in [-0.39, 0.29) is 5.92 Å². The van der Waals surface area contributed by atoms with E-state index in [1.807, 2.05) is 11.6 Å². The highest BCUT2D eigenvalue weighted by atomic mass is 35.5. The number of aromatic amines is 1. The van der Waals surface area contributed by atoms with Gasteiger partial charge in [0.25, 0.3) is 0 Å². The molecule has 0 atom stereocenters. The molecule has 2 N–H and O–H groups in total. The van der Waals surface area contributed by atoms with Crippen molar-refractivity contribution in [3.8, 4) is 5.75 Å². The number of aromatic nitrogens is 5. The maximum atomic E-state index is 6.65. The van der Waals surface area contributed by atoms with Gasteiger partial charge in [0.2, 0.25) is 0 Å². The Labute approximate surface area is 199 Å². The van der Waals surface area contributed by atoms with Crippen molar-refractivity contribution in [2.75, 3.05) is 32.1 Å². The van der Waals surface area contributed by atoms with E-state index in [1.54, 1.807) is 24.8 Å². The molecule has 1 aliphatic heterocycles. The summed E-state index contributed by atoms with van der Waals surface area (Å²) in [7, 11) is 1.68. The molecule has 0 saturated carbocycles. The fraction of sp³-hybridized carbons (Fsp3) is 0.333. The van der Waals surface area contributed by atoms with Crippen LogP contribution in [0.4, 0.5) is 5.82 Å². The zero-order chi connectivity index (χ0) is 22.1. The number of nitrogens with one attached hydrogen (secondary N) is 2. The Kier molecular flexibility index (Phi) is 6.14. The molecule has 1 fully saturated rings. The van der Waals surface area contributed by atoms with Gasteiger partial charge in [0, 0.05) is 43.0 Å². The minimum atomic E-state index is 0.271. The van der Waals surface area contributed by atoms with E-state index in [0.717, 1.165) is 47.7 Å². The first-order valence-electron chi connectivity index (χ1n) is 10.2. The quantitative estimate of drug-likeness (QED) is 0.379. The van der Waals surface area contributed by atoms with Crippen molar-refractivity contribution >= 4 is 51.5 Å². The molecule has 0 radical (unpaired) electrons. The number of thiazole rings is 1. The summed E-state index contributed by atoms with van der Waals surface area (Å²) in [5.41, 5.74) is 6.37. The minimum absolute atomic E-state index is 0.271. The molecule has 1 aromatic carbocycles. The fourth-order valence-corrected chi connectivity index (χ4v) is 5.19. The second kappa shape index (κ2) is 9.19. The lowest BCUT2D eigenvalue weighted by Crippen LogP contribution is -2.44. The highest BCUT2D eigenvalue weighted by Gasteiger charge is 2.34. The van der Waals surface area contributed by atoms with Crippen LogP contribution in [0.5, 0.6) is 5.75 Å². The van der Waals surface area contributed by atoms with Crippen LogP contribution < -0.4 is 10.1 Å². The van der Waals surface area contributed by atoms with Crippen molar-refractivity contribution in [3.05, 3.63) is 56.5 Å². The van der Waals surface area contributed by atoms with Gasteiger partial charge in [0.1, 0.15) is 17.6 Å². The summed E-state index contributed by atoms with van der Waals surface area (Å²) in [4.78, 5) is 22.4. The Morgan fingerprint density at radius 2 is 2.12 bits per heavy atom. The third-order valence-electron chi connectivity index (χ3n) is 5.63. The zero-order valence-electron chi connectivity index (χ0n) is 17.3. The molecule has 1 aliphatic rings. The largest absolute Gasteiger partial charge is 0.496 e. The predicted octanol–water partition coefficient (Wildman–Crippen LogP) is 4.38. The number of benzene rings is 1. The highest BCUT2D eigenvalue weighted by molar-refractivity contribution is 7.07. The highest BCUT2D eigenvalue weighted by Crippen LogP contribution is 2.44. The van der Waals surface area contributed by atoms with Crippen LogP contribution in [0.2, 0.25) is 10.0 Å². The number of hydrogen-bond donors (Lipinski definition) is 2. The summed E-state index contributed by atoms with van der Waals surface area (Å²) in [6.07, 6.45) is 3.80. The van der Waals surface area contributed by atoms with Gasteiger partial charge in [-0.3, -0.25) is 4.90 Å². The molecule has 0 spiro atoms. The lowest BCUT2D eigenvalue weighted by molar-refractivity contribution is 0.136. The van der Waals surface area contributed by atoms with Gasteiger partial charge in [0.05, 0.1) is 34.7 Å². The van der Waals surface area contributed by atoms with E-state index in [2.05, 4.69) is 40.5 Å². The molecule has 0 bridgehead atoms. The lowest BCUT2D eigenvalue weighted by atomic mass is 9.88. The van der Waals surface area contributed by atoms with Gasteiger partial charge in [0.15, 0.2) is 11.5 Å². The number of H-pyrrole nitrogens is 1. The number of ether oxygens (including phenoxy) is 1. The number of likely N-dealkylation sites (tertiary alicyclic amines) is 1. The molecule has 3 aromatic heterocycles. The van der Waals surface area contributed by atoms with Crippen molar-refractivity contribution in [1.29, 1.82) is 0 Å². The van der Waals surface area contributed by atoms with Crippen LogP contribution in [-0.2, 0) is 13.0 Å². The molecular formula is C21H21Cl2N7OS. The second-order valence-corrected chi connectivity index (χ2v) is 9.15. The van der Waals surface area contributed by atoms with Crippen molar-refractivity contribution in [2.45, 2.75) is 18.9 Å². The fourth-order valence-electron chi connectivity index (χ4n) is 4.12. The smallest absolute Gasteiger partial charge is 0.182 e. The summed E-state index contributed by atoms with van der Waals surface area (Å²) in [5.74, 6) is 1.80. The monoisotopic (exact) mass is 489 g/mol. The van der Waals surface area contributed by atoms with Gasteiger partial charge in [-0.2, -0.15) is 0 Å². The van der Waals surface area contributed by atoms with Gasteiger partial charge in [-0.15, -0.1) is 11.3 Å². The normalized spacial score (nSPS) is 14.6. The summed E-state index contributed by atoms with van der Waals surface area (Å²) < 4.78 is 5.83. The zero-order valence-corrected chi connectivity index (χ0v) is 19.6. The molecule has 32 heavy (non-hydrogen) atoms. The number of imidazole rings is 1. The molecule has 4 aromatic rings. The van der Waals surface area contributed by atoms with E-state index in [4.69, 9.17) is 27.9 Å². The summed E-state index contributed by atoms with van der Waals surface area (Å²) in [6, 6.07) is 1.89. The number of hydrogen-bond acceptors (Lipinski definition) is 8. The van der Waals surface area contributed by atoms with Crippen LogP contribution >= 0.6 is 34.5 Å². The van der Waals surface area contributed by atoms with Crippen LogP contribution in [0.15, 0.2) is 29.6 Å². The Balaban J connectivity index is 1.31. The van der Waals surface area contributed by atoms with Crippen LogP contribution in [0, 0.1) is 0 Å². The average Bonchev–Trinajstić information content (AvgIpc) is 3.45. The van der Waals surface area contributed by atoms with Crippen LogP contribution in [0.3, 0.4) is 0 Å². The summed E-state index contributed by atoms with van der Waals surface area (Å²) in [6.45, 7) is 3.27. The van der Waals surface area contributed by atoms with Gasteiger partial charge in [-0.1, -0.05) is 23.2 Å². The van der Waals surface area contributed by atoms with Crippen LogP contribution in [0.1, 0.15) is 22.7 Å². The number of methoxy groups -OCH3 is 1. The lowest BCUT2D eigenvalue weighted by Gasteiger charge is -2.40. The molecule has 8 nitrogen and oxygen atoms in total. The first kappa shape index (κ1) is 21.4. The minimum Gasteiger partial charge on any atom is -0.496 e. The van der Waals surface area contributed by atoms with Gasteiger partial charge in [-0.25, -0.2) is 19.9 Å².